The van der Waals surface area contributed by atoms with Crippen molar-refractivity contribution in [2.75, 3.05) is 5.43 Å². The molecule has 1 heterocycles. The highest BCUT2D eigenvalue weighted by Crippen LogP contribution is 2.29. The number of anilines is 1. The number of aromatic nitrogens is 3. The topological polar surface area (TPSA) is 85.8 Å². The smallest absolute Gasteiger partial charge is 0.292 e. The molecule has 2 aliphatic carbocycles. The van der Waals surface area contributed by atoms with Gasteiger partial charge in [-0.25, -0.2) is 15.6 Å². The van der Waals surface area contributed by atoms with Crippen LogP contribution in [0.2, 0.25) is 10.0 Å². The highest BCUT2D eigenvalue weighted by Gasteiger charge is 2.05. The molecule has 3 N–H and O–H groups in total. The Bertz CT molecular complexity index is 887. The summed E-state index contributed by atoms with van der Waals surface area (Å²) in [5, 5.41) is 0.752. The van der Waals surface area contributed by atoms with Gasteiger partial charge in [0.2, 0.25) is 5.95 Å². The number of hydrogen-bond donors (Lipinski definition) is 2. The lowest BCUT2D eigenvalue weighted by molar-refractivity contribution is 0.859. The molecule has 0 bridgehead atoms. The van der Waals surface area contributed by atoms with Crippen molar-refractivity contribution in [3.63, 3.8) is 0 Å². The molecule has 8 heteroatoms. The first-order chi connectivity index (χ1) is 11.1. The summed E-state index contributed by atoms with van der Waals surface area (Å²) in [5.41, 5.74) is 5.04. The number of hydrogen-bond acceptors (Lipinski definition) is 5. The fourth-order valence-electron chi connectivity index (χ4n) is 1.88. The zero-order valence-electron chi connectivity index (χ0n) is 11.7. The molecule has 0 saturated heterocycles. The van der Waals surface area contributed by atoms with Crippen LogP contribution in [-0.2, 0) is 0 Å². The molecule has 0 aliphatic heterocycles. The first kappa shape index (κ1) is 15.5. The number of benzene rings is 2. The van der Waals surface area contributed by atoms with E-state index in [1.165, 1.54) is 22.0 Å². The van der Waals surface area contributed by atoms with Crippen molar-refractivity contribution in [1.82, 2.24) is 14.5 Å². The van der Waals surface area contributed by atoms with Gasteiger partial charge >= 0.3 is 5.69 Å². The zero-order chi connectivity index (χ0) is 16.4. The van der Waals surface area contributed by atoms with Crippen molar-refractivity contribution >= 4 is 29.2 Å². The van der Waals surface area contributed by atoms with Crippen molar-refractivity contribution in [3.05, 3.63) is 69.3 Å². The quantitative estimate of drug-likeness (QED) is 0.430. The Morgan fingerprint density at radius 3 is 2.09 bits per heavy atom. The van der Waals surface area contributed by atoms with Gasteiger partial charge in [0.25, 0.3) is 0 Å². The minimum Gasteiger partial charge on any atom is -0.292 e. The summed E-state index contributed by atoms with van der Waals surface area (Å²) in [5.74, 6) is 5.14. The van der Waals surface area contributed by atoms with Gasteiger partial charge in [0.1, 0.15) is 6.33 Å². The molecule has 0 amide bonds. The maximum absolute atomic E-state index is 11.6. The van der Waals surface area contributed by atoms with E-state index in [0.717, 1.165) is 0 Å². The third-order valence-corrected chi connectivity index (χ3v) is 3.97. The summed E-state index contributed by atoms with van der Waals surface area (Å²) in [6, 6.07) is 13.2. The van der Waals surface area contributed by atoms with E-state index < -0.39 is 5.69 Å². The van der Waals surface area contributed by atoms with Crippen LogP contribution >= 0.6 is 23.2 Å². The molecule has 0 fully saturated rings. The van der Waals surface area contributed by atoms with E-state index >= 15 is 0 Å². The highest BCUT2D eigenvalue weighted by molar-refractivity contribution is 6.42. The lowest BCUT2D eigenvalue weighted by atomic mass is 9.95. The Kier molecular flexibility index (Phi) is 4.29. The van der Waals surface area contributed by atoms with Crippen LogP contribution in [0, 0.1) is 0 Å². The molecule has 4 rings (SSSR count). The molecule has 0 radical (unpaired) electrons. The lowest BCUT2D eigenvalue weighted by Gasteiger charge is -2.10. The maximum Gasteiger partial charge on any atom is 0.356 e. The van der Waals surface area contributed by atoms with Crippen LogP contribution in [-0.4, -0.2) is 14.5 Å². The molecule has 1 aromatic heterocycles. The van der Waals surface area contributed by atoms with E-state index in [1.54, 1.807) is 18.2 Å². The van der Waals surface area contributed by atoms with Crippen molar-refractivity contribution in [3.8, 4) is 16.8 Å². The van der Waals surface area contributed by atoms with Gasteiger partial charge in [-0.2, -0.15) is 4.98 Å². The number of nitrogens with zero attached hydrogens (tertiary/aromatic N) is 3. The maximum atomic E-state index is 11.6. The van der Waals surface area contributed by atoms with E-state index in [-0.39, 0.29) is 5.95 Å². The standard InChI is InChI=1S/C9H7Cl2N5O.C6H4/c10-6-2-1-5(3-7(6)11)16-4-13-8(15-12)14-9(16)17;1-2-6-4-3-5(1)6/h1-4H,12H2,(H,14,15,17);1-4H. The zero-order valence-corrected chi connectivity index (χ0v) is 13.2. The summed E-state index contributed by atoms with van der Waals surface area (Å²) in [7, 11) is 0. The van der Waals surface area contributed by atoms with Crippen LogP contribution < -0.4 is 17.0 Å². The van der Waals surface area contributed by atoms with Crippen LogP contribution in [0.15, 0.2) is 53.6 Å². The minimum absolute atomic E-state index is 0.0475. The number of halogens is 2. The Labute approximate surface area is 141 Å². The van der Waals surface area contributed by atoms with Crippen molar-refractivity contribution in [2.45, 2.75) is 0 Å². The second kappa shape index (κ2) is 6.37. The van der Waals surface area contributed by atoms with Crippen LogP contribution in [0.1, 0.15) is 0 Å². The van der Waals surface area contributed by atoms with Gasteiger partial charge in [0.05, 0.1) is 15.7 Å². The molecule has 2 aliphatic rings. The minimum atomic E-state index is -0.522. The fraction of sp³-hybridized carbons (Fsp3) is 0. The molecular weight excluding hydrogens is 337 g/mol. The monoisotopic (exact) mass is 347 g/mol. The van der Waals surface area contributed by atoms with Gasteiger partial charge in [0.15, 0.2) is 0 Å². The summed E-state index contributed by atoms with van der Waals surface area (Å²) < 4.78 is 1.23. The fourth-order valence-corrected chi connectivity index (χ4v) is 2.17. The van der Waals surface area contributed by atoms with E-state index in [1.807, 2.05) is 0 Å². The van der Waals surface area contributed by atoms with Gasteiger partial charge < -0.3 is 0 Å². The van der Waals surface area contributed by atoms with E-state index in [4.69, 9.17) is 29.0 Å². The molecule has 6 nitrogen and oxygen atoms in total. The van der Waals surface area contributed by atoms with Crippen LogP contribution in [0.4, 0.5) is 5.95 Å². The van der Waals surface area contributed by atoms with Crippen LogP contribution in [0.5, 0.6) is 0 Å². The predicted molar refractivity (Wildman–Crippen MR) is 90.9 cm³/mol. The van der Waals surface area contributed by atoms with Crippen molar-refractivity contribution < 1.29 is 0 Å². The number of fused-ring (bicyclic) bond motifs is 1. The summed E-state index contributed by atoms with van der Waals surface area (Å²) >= 11 is 11.6. The SMILES string of the molecule is NNc1ncn(-c2ccc(Cl)c(Cl)c2)c(=O)n1.c1cc2ccc1-2. The Morgan fingerprint density at radius 2 is 1.65 bits per heavy atom. The second-order valence-electron chi connectivity index (χ2n) is 4.65. The van der Waals surface area contributed by atoms with Gasteiger partial charge in [-0.3, -0.25) is 9.99 Å². The molecule has 116 valence electrons. The second-order valence-corrected chi connectivity index (χ2v) is 5.47. The van der Waals surface area contributed by atoms with Crippen molar-refractivity contribution in [2.24, 2.45) is 5.84 Å². The third kappa shape index (κ3) is 3.19. The molecule has 0 atom stereocenters. The Morgan fingerprint density at radius 1 is 1.00 bits per heavy atom. The Hall–Kier alpha value is -2.41. The largest absolute Gasteiger partial charge is 0.356 e. The summed E-state index contributed by atoms with van der Waals surface area (Å²) in [6.07, 6.45) is 1.30. The number of hydrazine groups is 1. The molecule has 0 spiro atoms. The van der Waals surface area contributed by atoms with E-state index in [2.05, 4.69) is 39.7 Å². The molecular formula is C15H11Cl2N5O. The highest BCUT2D eigenvalue weighted by atomic mass is 35.5. The molecule has 23 heavy (non-hydrogen) atoms. The lowest BCUT2D eigenvalue weighted by Crippen LogP contribution is -2.24. The number of rotatable bonds is 2. The first-order valence-corrected chi connectivity index (χ1v) is 7.32. The van der Waals surface area contributed by atoms with E-state index in [0.29, 0.717) is 15.7 Å². The van der Waals surface area contributed by atoms with Gasteiger partial charge in [-0.15, -0.1) is 0 Å². The molecule has 2 aromatic rings. The molecule has 0 saturated carbocycles. The summed E-state index contributed by atoms with van der Waals surface area (Å²) in [6.45, 7) is 0. The van der Waals surface area contributed by atoms with Gasteiger partial charge in [-0.1, -0.05) is 47.5 Å². The number of nitrogens with two attached hydrogens (primary N) is 1. The van der Waals surface area contributed by atoms with Crippen LogP contribution in [0.3, 0.4) is 0 Å². The average molecular weight is 348 g/mol. The number of nitrogen functional groups attached to an aromatic ring is 1. The van der Waals surface area contributed by atoms with Gasteiger partial charge in [-0.05, 0) is 29.3 Å². The van der Waals surface area contributed by atoms with Crippen molar-refractivity contribution in [1.29, 1.82) is 0 Å². The molecule has 0 unspecified atom stereocenters. The van der Waals surface area contributed by atoms with Gasteiger partial charge in [0, 0.05) is 0 Å². The first-order valence-electron chi connectivity index (χ1n) is 6.56. The normalized spacial score (nSPS) is 10.6. The molecule has 1 aromatic carbocycles. The summed E-state index contributed by atoms with van der Waals surface area (Å²) in [4.78, 5) is 19.1. The average Bonchev–Trinajstić information content (AvgIpc) is 2.54. The number of nitrogens with one attached hydrogen (secondary N) is 1. The predicted octanol–water partition coefficient (Wildman–Crippen LogP) is 2.89. The third-order valence-electron chi connectivity index (χ3n) is 3.23. The Balaban J connectivity index is 0.000000213. The van der Waals surface area contributed by atoms with E-state index in [9.17, 15) is 4.79 Å². The van der Waals surface area contributed by atoms with Crippen LogP contribution in [0.25, 0.3) is 16.8 Å².